The lowest BCUT2D eigenvalue weighted by Crippen LogP contribution is -2.27. The minimum Gasteiger partial charge on any atom is -0.479 e. The van der Waals surface area contributed by atoms with E-state index in [4.69, 9.17) is 10.2 Å². The molecule has 2 atom stereocenters. The molecule has 1 rings (SSSR count). The van der Waals surface area contributed by atoms with E-state index >= 15 is 0 Å². The zero-order valence-electron chi connectivity index (χ0n) is 8.90. The molecule has 92 valence electrons. The fourth-order valence-electron chi connectivity index (χ4n) is 1.32. The van der Waals surface area contributed by atoms with E-state index in [1.807, 2.05) is 0 Å². The number of hydrogen-bond donors (Lipinski definition) is 3. The van der Waals surface area contributed by atoms with E-state index < -0.39 is 23.1 Å². The normalized spacial score (nSPS) is 14.1. The van der Waals surface area contributed by atoms with Crippen molar-refractivity contribution in [2.75, 3.05) is 0 Å². The monoisotopic (exact) mass is 241 g/mol. The topological polar surface area (TPSA) is 121 Å². The van der Waals surface area contributed by atoms with E-state index in [0.717, 1.165) is 6.07 Å². The molecule has 0 heterocycles. The minimum absolute atomic E-state index is 0.0165. The van der Waals surface area contributed by atoms with Crippen LogP contribution in [0, 0.1) is 17.0 Å². The van der Waals surface area contributed by atoms with E-state index in [9.17, 15) is 20.0 Å². The number of aliphatic carboxylic acids is 1. The molecule has 0 aliphatic heterocycles. The Hall–Kier alpha value is -1.99. The second-order valence-corrected chi connectivity index (χ2v) is 3.53. The van der Waals surface area contributed by atoms with Crippen molar-refractivity contribution >= 4 is 11.7 Å². The van der Waals surface area contributed by atoms with Crippen molar-refractivity contribution in [2.45, 2.75) is 19.1 Å². The average Bonchev–Trinajstić information content (AvgIpc) is 2.27. The van der Waals surface area contributed by atoms with Crippen molar-refractivity contribution in [3.8, 4) is 0 Å². The van der Waals surface area contributed by atoms with Gasteiger partial charge in [0.2, 0.25) is 0 Å². The van der Waals surface area contributed by atoms with E-state index in [2.05, 4.69) is 0 Å². The minimum atomic E-state index is -2.02. The Labute approximate surface area is 96.1 Å². The molecule has 1 aromatic carbocycles. The van der Waals surface area contributed by atoms with Gasteiger partial charge >= 0.3 is 5.97 Å². The van der Waals surface area contributed by atoms with Crippen LogP contribution in [0.3, 0.4) is 0 Å². The number of carboxylic acids is 1. The van der Waals surface area contributed by atoms with Gasteiger partial charge in [-0.15, -0.1) is 0 Å². The van der Waals surface area contributed by atoms with Crippen molar-refractivity contribution in [3.05, 3.63) is 39.4 Å². The zero-order chi connectivity index (χ0) is 13.2. The number of carbonyl (C=O) groups is 1. The number of nitro benzene ring substituents is 1. The van der Waals surface area contributed by atoms with Crippen LogP contribution >= 0.6 is 0 Å². The standard InChI is InChI=1S/C10H11NO6/c1-5-2-3-6(4-7(5)11(16)17)8(12)9(13)10(14)15/h2-4,8-9,12-13H,1H3,(H,14,15). The van der Waals surface area contributed by atoms with Crippen LogP contribution in [0.5, 0.6) is 0 Å². The summed E-state index contributed by atoms with van der Waals surface area (Å²) in [5, 5.41) is 37.8. The SMILES string of the molecule is Cc1ccc(C(O)C(O)C(=O)O)cc1[N+](=O)[O-]. The number of aliphatic hydroxyl groups is 2. The Morgan fingerprint density at radius 2 is 2.00 bits per heavy atom. The van der Waals surface area contributed by atoms with Crippen LogP contribution in [0.4, 0.5) is 5.69 Å². The molecule has 17 heavy (non-hydrogen) atoms. The number of carboxylic acid groups (broad SMARTS) is 1. The molecule has 7 heteroatoms. The summed E-state index contributed by atoms with van der Waals surface area (Å²) >= 11 is 0. The first-order valence-electron chi connectivity index (χ1n) is 4.68. The van der Waals surface area contributed by atoms with E-state index in [1.165, 1.54) is 19.1 Å². The second-order valence-electron chi connectivity index (χ2n) is 3.53. The van der Waals surface area contributed by atoms with Crippen molar-refractivity contribution in [1.82, 2.24) is 0 Å². The van der Waals surface area contributed by atoms with Crippen LogP contribution < -0.4 is 0 Å². The lowest BCUT2D eigenvalue weighted by atomic mass is 10.0. The summed E-state index contributed by atoms with van der Waals surface area (Å²) in [6.07, 6.45) is -3.72. The highest BCUT2D eigenvalue weighted by Crippen LogP contribution is 2.25. The smallest absolute Gasteiger partial charge is 0.335 e. The molecule has 0 aromatic heterocycles. The molecule has 7 nitrogen and oxygen atoms in total. The zero-order valence-corrected chi connectivity index (χ0v) is 8.90. The molecular weight excluding hydrogens is 230 g/mol. The van der Waals surface area contributed by atoms with E-state index in [1.54, 1.807) is 0 Å². The van der Waals surface area contributed by atoms with E-state index in [-0.39, 0.29) is 11.3 Å². The van der Waals surface area contributed by atoms with E-state index in [0.29, 0.717) is 5.56 Å². The molecule has 0 aliphatic carbocycles. The fraction of sp³-hybridized carbons (Fsp3) is 0.300. The first-order chi connectivity index (χ1) is 7.84. The number of benzene rings is 1. The second kappa shape index (κ2) is 4.89. The Morgan fingerprint density at radius 1 is 1.41 bits per heavy atom. The molecule has 0 bridgehead atoms. The summed E-state index contributed by atoms with van der Waals surface area (Å²) in [7, 11) is 0. The van der Waals surface area contributed by atoms with Gasteiger partial charge in [0, 0.05) is 11.6 Å². The molecule has 0 saturated heterocycles. The van der Waals surface area contributed by atoms with Crippen LogP contribution in [0.2, 0.25) is 0 Å². The van der Waals surface area contributed by atoms with Crippen molar-refractivity contribution in [1.29, 1.82) is 0 Å². The fourth-order valence-corrected chi connectivity index (χ4v) is 1.32. The van der Waals surface area contributed by atoms with Gasteiger partial charge in [-0.25, -0.2) is 4.79 Å². The van der Waals surface area contributed by atoms with Gasteiger partial charge in [-0.1, -0.05) is 12.1 Å². The molecule has 0 fully saturated rings. The third-order valence-corrected chi connectivity index (χ3v) is 2.32. The lowest BCUT2D eigenvalue weighted by molar-refractivity contribution is -0.385. The van der Waals surface area contributed by atoms with Crippen LogP contribution in [0.15, 0.2) is 18.2 Å². The molecule has 0 radical (unpaired) electrons. The highest BCUT2D eigenvalue weighted by atomic mass is 16.6. The van der Waals surface area contributed by atoms with Crippen LogP contribution in [0.25, 0.3) is 0 Å². The highest BCUT2D eigenvalue weighted by molar-refractivity contribution is 5.73. The Bertz CT molecular complexity index is 458. The predicted molar refractivity (Wildman–Crippen MR) is 56.4 cm³/mol. The summed E-state index contributed by atoms with van der Waals surface area (Å²) in [6, 6.07) is 3.76. The largest absolute Gasteiger partial charge is 0.479 e. The van der Waals surface area contributed by atoms with Crippen LogP contribution in [-0.4, -0.2) is 32.3 Å². The third-order valence-electron chi connectivity index (χ3n) is 2.32. The van der Waals surface area contributed by atoms with Gasteiger partial charge in [-0.2, -0.15) is 0 Å². The number of hydrogen-bond acceptors (Lipinski definition) is 5. The molecule has 2 unspecified atom stereocenters. The maximum Gasteiger partial charge on any atom is 0.335 e. The predicted octanol–water partition coefficient (Wildman–Crippen LogP) is 0.382. The number of rotatable bonds is 4. The third kappa shape index (κ3) is 2.77. The number of aliphatic hydroxyl groups excluding tert-OH is 2. The molecule has 1 aromatic rings. The van der Waals surface area contributed by atoms with Gasteiger partial charge in [0.1, 0.15) is 6.10 Å². The number of nitrogens with zero attached hydrogens (tertiary/aromatic N) is 1. The summed E-state index contributed by atoms with van der Waals surface area (Å²) in [6.45, 7) is 1.52. The van der Waals surface area contributed by atoms with Crippen molar-refractivity contribution < 1.29 is 25.0 Å². The van der Waals surface area contributed by atoms with Crippen molar-refractivity contribution in [3.63, 3.8) is 0 Å². The quantitative estimate of drug-likeness (QED) is 0.517. The summed E-state index contributed by atoms with van der Waals surface area (Å²) < 4.78 is 0. The van der Waals surface area contributed by atoms with Gasteiger partial charge in [-0.05, 0) is 12.5 Å². The Balaban J connectivity index is 3.11. The molecule has 0 spiro atoms. The molecule has 0 amide bonds. The molecule has 0 saturated carbocycles. The Morgan fingerprint density at radius 3 is 2.47 bits per heavy atom. The summed E-state index contributed by atoms with van der Waals surface area (Å²) in [5.41, 5.74) is 0.132. The first-order valence-corrected chi connectivity index (χ1v) is 4.68. The van der Waals surface area contributed by atoms with Gasteiger partial charge in [0.05, 0.1) is 4.92 Å². The number of aryl methyl sites for hydroxylation is 1. The first kappa shape index (κ1) is 13.1. The van der Waals surface area contributed by atoms with Gasteiger partial charge in [0.25, 0.3) is 5.69 Å². The number of nitro groups is 1. The van der Waals surface area contributed by atoms with Gasteiger partial charge < -0.3 is 15.3 Å². The van der Waals surface area contributed by atoms with Crippen molar-refractivity contribution in [2.24, 2.45) is 0 Å². The highest BCUT2D eigenvalue weighted by Gasteiger charge is 2.26. The van der Waals surface area contributed by atoms with Crippen LogP contribution in [-0.2, 0) is 4.79 Å². The summed E-state index contributed by atoms with van der Waals surface area (Å²) in [5.74, 6) is -1.60. The maximum atomic E-state index is 10.6. The van der Waals surface area contributed by atoms with Crippen LogP contribution in [0.1, 0.15) is 17.2 Å². The van der Waals surface area contributed by atoms with Gasteiger partial charge in [0.15, 0.2) is 6.10 Å². The summed E-state index contributed by atoms with van der Waals surface area (Å²) in [4.78, 5) is 20.5. The lowest BCUT2D eigenvalue weighted by Gasteiger charge is -2.14. The Kier molecular flexibility index (Phi) is 3.77. The molecular formula is C10H11NO6. The molecule has 0 aliphatic rings. The average molecular weight is 241 g/mol. The molecule has 3 N–H and O–H groups in total. The van der Waals surface area contributed by atoms with Gasteiger partial charge in [-0.3, -0.25) is 10.1 Å². The maximum absolute atomic E-state index is 10.6.